The van der Waals surface area contributed by atoms with Crippen molar-refractivity contribution in [3.8, 4) is 0 Å². The van der Waals surface area contributed by atoms with Crippen molar-refractivity contribution in [2.24, 2.45) is 0 Å². The average molecular weight is 411 g/mol. The van der Waals surface area contributed by atoms with Crippen LogP contribution < -0.4 is 10.6 Å². The van der Waals surface area contributed by atoms with Crippen LogP contribution in [0.15, 0.2) is 29.6 Å². The second-order valence-corrected chi connectivity index (χ2v) is 7.07. The van der Waals surface area contributed by atoms with E-state index < -0.39 is 47.5 Å². The van der Waals surface area contributed by atoms with E-state index in [9.17, 15) is 27.6 Å². The fourth-order valence-corrected chi connectivity index (χ4v) is 3.61. The molecule has 6 nitrogen and oxygen atoms in total. The lowest BCUT2D eigenvalue weighted by Crippen LogP contribution is -2.47. The van der Waals surface area contributed by atoms with Crippen LogP contribution in [0, 0.1) is 17.5 Å². The minimum Gasteiger partial charge on any atom is -0.345 e. The van der Waals surface area contributed by atoms with Crippen molar-refractivity contribution < 1.29 is 27.6 Å². The SMILES string of the molecule is O=C(CNC(=O)[C@H]1CCCN1C(=O)c1cccs1)Nc1ccc(F)c(F)c1F. The number of halogens is 3. The van der Waals surface area contributed by atoms with Gasteiger partial charge in [-0.3, -0.25) is 14.4 Å². The number of hydrogen-bond donors (Lipinski definition) is 2. The van der Waals surface area contributed by atoms with Crippen LogP contribution in [0.1, 0.15) is 22.5 Å². The summed E-state index contributed by atoms with van der Waals surface area (Å²) in [5.74, 6) is -6.17. The quantitative estimate of drug-likeness (QED) is 0.743. The molecular weight excluding hydrogens is 395 g/mol. The van der Waals surface area contributed by atoms with Crippen molar-refractivity contribution in [3.63, 3.8) is 0 Å². The summed E-state index contributed by atoms with van der Waals surface area (Å²) in [6, 6.07) is 4.27. The van der Waals surface area contributed by atoms with E-state index in [1.54, 1.807) is 17.5 Å². The first-order chi connectivity index (χ1) is 13.4. The third-order valence-electron chi connectivity index (χ3n) is 4.28. The zero-order chi connectivity index (χ0) is 20.3. The molecule has 0 spiro atoms. The third kappa shape index (κ3) is 4.16. The molecule has 0 saturated carbocycles. The van der Waals surface area contributed by atoms with Gasteiger partial charge < -0.3 is 15.5 Å². The van der Waals surface area contributed by atoms with E-state index in [1.165, 1.54) is 16.2 Å². The molecule has 2 N–H and O–H groups in total. The fourth-order valence-electron chi connectivity index (χ4n) is 2.93. The molecule has 1 atom stereocenters. The number of amides is 3. The van der Waals surface area contributed by atoms with E-state index in [0.717, 1.165) is 6.07 Å². The summed E-state index contributed by atoms with van der Waals surface area (Å²) in [5.41, 5.74) is -0.534. The second kappa shape index (κ2) is 8.42. The van der Waals surface area contributed by atoms with E-state index >= 15 is 0 Å². The Morgan fingerprint density at radius 1 is 1.14 bits per heavy atom. The molecular formula is C18H16F3N3O3S. The van der Waals surface area contributed by atoms with Gasteiger partial charge in [0.25, 0.3) is 5.91 Å². The molecule has 2 aromatic rings. The molecule has 1 saturated heterocycles. The molecule has 1 aliphatic rings. The van der Waals surface area contributed by atoms with Crippen molar-refractivity contribution in [2.45, 2.75) is 18.9 Å². The topological polar surface area (TPSA) is 78.5 Å². The number of nitrogens with zero attached hydrogens (tertiary/aromatic N) is 1. The Labute approximate surface area is 162 Å². The average Bonchev–Trinajstić information content (AvgIpc) is 3.38. The molecule has 1 fully saturated rings. The first kappa shape index (κ1) is 19.9. The van der Waals surface area contributed by atoms with Crippen LogP contribution in [0.3, 0.4) is 0 Å². The van der Waals surface area contributed by atoms with Crippen LogP contribution in [0.5, 0.6) is 0 Å². The number of nitrogens with one attached hydrogen (secondary N) is 2. The molecule has 1 aromatic heterocycles. The van der Waals surface area contributed by atoms with Crippen LogP contribution in [0.25, 0.3) is 0 Å². The van der Waals surface area contributed by atoms with Gasteiger partial charge in [0.05, 0.1) is 17.1 Å². The monoisotopic (exact) mass is 411 g/mol. The molecule has 1 aliphatic heterocycles. The van der Waals surface area contributed by atoms with Gasteiger partial charge in [0.1, 0.15) is 6.04 Å². The first-order valence-electron chi connectivity index (χ1n) is 8.44. The number of thiophene rings is 1. The van der Waals surface area contributed by atoms with E-state index in [1.807, 2.05) is 0 Å². The Hall–Kier alpha value is -2.88. The molecule has 0 radical (unpaired) electrons. The van der Waals surface area contributed by atoms with E-state index in [2.05, 4.69) is 10.6 Å². The number of likely N-dealkylation sites (tertiary alicyclic amines) is 1. The van der Waals surface area contributed by atoms with Gasteiger partial charge in [-0.05, 0) is 36.4 Å². The summed E-state index contributed by atoms with van der Waals surface area (Å²) in [7, 11) is 0. The fraction of sp³-hybridized carbons (Fsp3) is 0.278. The van der Waals surface area contributed by atoms with Crippen LogP contribution in [-0.2, 0) is 9.59 Å². The molecule has 1 aromatic carbocycles. The molecule has 3 amide bonds. The zero-order valence-corrected chi connectivity index (χ0v) is 15.3. The molecule has 0 aliphatic carbocycles. The summed E-state index contributed by atoms with van der Waals surface area (Å²) < 4.78 is 39.7. The lowest BCUT2D eigenvalue weighted by atomic mass is 10.2. The first-order valence-corrected chi connectivity index (χ1v) is 9.32. The minimum atomic E-state index is -1.70. The van der Waals surface area contributed by atoms with Gasteiger partial charge in [-0.2, -0.15) is 0 Å². The van der Waals surface area contributed by atoms with Gasteiger partial charge in [0, 0.05) is 6.54 Å². The number of anilines is 1. The number of hydrogen-bond acceptors (Lipinski definition) is 4. The number of rotatable bonds is 5. The van der Waals surface area contributed by atoms with Crippen LogP contribution in [0.2, 0.25) is 0 Å². The van der Waals surface area contributed by atoms with Crippen molar-refractivity contribution in [1.29, 1.82) is 0 Å². The highest BCUT2D eigenvalue weighted by Gasteiger charge is 2.34. The van der Waals surface area contributed by atoms with Gasteiger partial charge in [-0.25, -0.2) is 13.2 Å². The Kier molecular flexibility index (Phi) is 5.98. The Balaban J connectivity index is 1.57. The minimum absolute atomic E-state index is 0.249. The second-order valence-electron chi connectivity index (χ2n) is 6.12. The molecule has 2 heterocycles. The standard InChI is InChI=1S/C18H16F3N3O3S/c19-10-5-6-11(16(21)15(10)20)23-14(25)9-22-17(26)12-3-1-7-24(12)18(27)13-4-2-8-28-13/h2,4-6,8,12H,1,3,7,9H2,(H,22,26)(H,23,25)/t12-/m1/s1. The summed E-state index contributed by atoms with van der Waals surface area (Å²) >= 11 is 1.27. The van der Waals surface area contributed by atoms with Crippen molar-refractivity contribution in [1.82, 2.24) is 10.2 Å². The van der Waals surface area contributed by atoms with E-state index in [-0.39, 0.29) is 5.91 Å². The highest BCUT2D eigenvalue weighted by molar-refractivity contribution is 7.12. The molecule has 3 rings (SSSR count). The maximum atomic E-state index is 13.6. The van der Waals surface area contributed by atoms with Crippen molar-refractivity contribution in [2.75, 3.05) is 18.4 Å². The van der Waals surface area contributed by atoms with Gasteiger partial charge in [0.2, 0.25) is 11.8 Å². The normalized spacial score (nSPS) is 16.1. The highest BCUT2D eigenvalue weighted by atomic mass is 32.1. The Morgan fingerprint density at radius 2 is 1.93 bits per heavy atom. The van der Waals surface area contributed by atoms with Crippen LogP contribution in [-0.4, -0.2) is 41.8 Å². The van der Waals surface area contributed by atoms with E-state index in [0.29, 0.717) is 30.3 Å². The smallest absolute Gasteiger partial charge is 0.264 e. The highest BCUT2D eigenvalue weighted by Crippen LogP contribution is 2.22. The predicted octanol–water partition coefficient (Wildman–Crippen LogP) is 2.52. The van der Waals surface area contributed by atoms with Gasteiger partial charge in [-0.15, -0.1) is 11.3 Å². The maximum absolute atomic E-state index is 13.6. The van der Waals surface area contributed by atoms with Gasteiger partial charge in [0.15, 0.2) is 17.5 Å². The van der Waals surface area contributed by atoms with Crippen LogP contribution in [0.4, 0.5) is 18.9 Å². The lowest BCUT2D eigenvalue weighted by molar-refractivity contribution is -0.127. The third-order valence-corrected chi connectivity index (χ3v) is 5.14. The largest absolute Gasteiger partial charge is 0.345 e. The Bertz CT molecular complexity index is 905. The summed E-state index contributed by atoms with van der Waals surface area (Å²) in [6.07, 6.45) is 1.11. The molecule has 10 heteroatoms. The summed E-state index contributed by atoms with van der Waals surface area (Å²) in [4.78, 5) is 38.7. The molecule has 0 unspecified atom stereocenters. The Morgan fingerprint density at radius 3 is 2.64 bits per heavy atom. The van der Waals surface area contributed by atoms with E-state index in [4.69, 9.17) is 0 Å². The maximum Gasteiger partial charge on any atom is 0.264 e. The lowest BCUT2D eigenvalue weighted by Gasteiger charge is -2.23. The van der Waals surface area contributed by atoms with Gasteiger partial charge >= 0.3 is 0 Å². The number of benzene rings is 1. The molecule has 28 heavy (non-hydrogen) atoms. The predicted molar refractivity (Wildman–Crippen MR) is 96.3 cm³/mol. The molecule has 0 bridgehead atoms. The summed E-state index contributed by atoms with van der Waals surface area (Å²) in [5, 5.41) is 6.22. The zero-order valence-electron chi connectivity index (χ0n) is 14.5. The van der Waals surface area contributed by atoms with Crippen molar-refractivity contribution in [3.05, 3.63) is 52.0 Å². The van der Waals surface area contributed by atoms with Gasteiger partial charge in [-0.1, -0.05) is 6.07 Å². The molecule has 148 valence electrons. The summed E-state index contributed by atoms with van der Waals surface area (Å²) in [6.45, 7) is -0.0735. The number of carbonyl (C=O) groups is 3. The van der Waals surface area contributed by atoms with Crippen molar-refractivity contribution >= 4 is 34.7 Å². The van der Waals surface area contributed by atoms with Crippen LogP contribution >= 0.6 is 11.3 Å². The number of carbonyl (C=O) groups excluding carboxylic acids is 3.